The number of carbonyl (C=O) groups excluding carboxylic acids is 1. The molecule has 1 amide bonds. The number of amides is 1. The van der Waals surface area contributed by atoms with Gasteiger partial charge in [0.05, 0.1) is 0 Å². The van der Waals surface area contributed by atoms with Crippen molar-refractivity contribution in [3.8, 4) is 0 Å². The molecule has 1 atom stereocenters. The molecule has 66 valence electrons. The lowest BCUT2D eigenvalue weighted by atomic mass is 9.89. The lowest BCUT2D eigenvalue weighted by Crippen LogP contribution is -2.51. The summed E-state index contributed by atoms with van der Waals surface area (Å²) in [5, 5.41) is 0. The van der Waals surface area contributed by atoms with Gasteiger partial charge in [0, 0.05) is 6.54 Å². The first-order valence-electron chi connectivity index (χ1n) is 2.82. The van der Waals surface area contributed by atoms with E-state index in [2.05, 4.69) is 5.73 Å². The predicted molar refractivity (Wildman–Crippen MR) is 32.4 cm³/mol. The minimum absolute atomic E-state index is 0.676. The molecule has 0 heterocycles. The second-order valence-electron chi connectivity index (χ2n) is 2.40. The quantitative estimate of drug-likeness (QED) is 0.612. The molecule has 3 nitrogen and oxygen atoms in total. The second-order valence-corrected chi connectivity index (χ2v) is 2.40. The molecule has 0 aliphatic rings. The van der Waals surface area contributed by atoms with Gasteiger partial charge >= 0.3 is 6.18 Å². The van der Waals surface area contributed by atoms with E-state index in [1.165, 1.54) is 0 Å². The average molecular weight is 170 g/mol. The summed E-state index contributed by atoms with van der Waals surface area (Å²) in [5.41, 5.74) is 6.70. The van der Waals surface area contributed by atoms with E-state index in [-0.39, 0.29) is 0 Å². The maximum Gasteiger partial charge on any atom is 0.404 e. The van der Waals surface area contributed by atoms with Crippen LogP contribution in [0.15, 0.2) is 0 Å². The summed E-state index contributed by atoms with van der Waals surface area (Å²) in [6, 6.07) is 0. The smallest absolute Gasteiger partial charge is 0.369 e. The van der Waals surface area contributed by atoms with Gasteiger partial charge in [0.2, 0.25) is 5.91 Å². The van der Waals surface area contributed by atoms with Gasteiger partial charge in [-0.15, -0.1) is 0 Å². The van der Waals surface area contributed by atoms with Crippen LogP contribution < -0.4 is 11.5 Å². The molecule has 1 unspecified atom stereocenters. The zero-order valence-corrected chi connectivity index (χ0v) is 5.90. The van der Waals surface area contributed by atoms with Crippen LogP contribution in [0, 0.1) is 5.41 Å². The van der Waals surface area contributed by atoms with Crippen molar-refractivity contribution in [2.75, 3.05) is 6.54 Å². The zero-order chi connectivity index (χ0) is 9.28. The molecule has 0 saturated heterocycles. The zero-order valence-electron chi connectivity index (χ0n) is 5.90. The summed E-state index contributed by atoms with van der Waals surface area (Å²) in [6.45, 7) is -0.152. The SMILES string of the molecule is CC(CN)(C(N)=O)C(F)(F)F. The van der Waals surface area contributed by atoms with Gasteiger partial charge in [-0.05, 0) is 6.92 Å². The van der Waals surface area contributed by atoms with Gasteiger partial charge in [-0.2, -0.15) is 13.2 Å². The van der Waals surface area contributed by atoms with Crippen LogP contribution in [0.1, 0.15) is 6.92 Å². The first-order valence-corrected chi connectivity index (χ1v) is 2.82. The average Bonchev–Trinajstić information content (AvgIpc) is 1.83. The van der Waals surface area contributed by atoms with E-state index in [0.717, 1.165) is 0 Å². The van der Waals surface area contributed by atoms with Crippen molar-refractivity contribution in [2.45, 2.75) is 13.1 Å². The third kappa shape index (κ3) is 1.62. The van der Waals surface area contributed by atoms with Crippen molar-refractivity contribution < 1.29 is 18.0 Å². The van der Waals surface area contributed by atoms with Crippen LogP contribution in [0.2, 0.25) is 0 Å². The molecule has 0 saturated carbocycles. The van der Waals surface area contributed by atoms with Crippen LogP contribution in [0.4, 0.5) is 13.2 Å². The van der Waals surface area contributed by atoms with E-state index in [1.54, 1.807) is 0 Å². The number of alkyl halides is 3. The molecule has 0 radical (unpaired) electrons. The number of nitrogens with two attached hydrogens (primary N) is 2. The maximum atomic E-state index is 12.0. The molecule has 4 N–H and O–H groups in total. The lowest BCUT2D eigenvalue weighted by molar-refractivity contribution is -0.211. The summed E-state index contributed by atoms with van der Waals surface area (Å²) in [5.74, 6) is -1.45. The van der Waals surface area contributed by atoms with Gasteiger partial charge < -0.3 is 11.5 Å². The third-order valence-corrected chi connectivity index (χ3v) is 1.58. The van der Waals surface area contributed by atoms with E-state index < -0.39 is 24.0 Å². The second kappa shape index (κ2) is 2.69. The van der Waals surface area contributed by atoms with Crippen LogP contribution in [-0.4, -0.2) is 18.6 Å². The van der Waals surface area contributed by atoms with Gasteiger partial charge in [-0.3, -0.25) is 4.79 Å². The Labute approximate surface area is 61.5 Å². The van der Waals surface area contributed by atoms with E-state index in [0.29, 0.717) is 6.92 Å². The molecule has 0 aromatic heterocycles. The summed E-state index contributed by atoms with van der Waals surface area (Å²) in [4.78, 5) is 10.3. The van der Waals surface area contributed by atoms with Crippen molar-refractivity contribution in [1.29, 1.82) is 0 Å². The number of carbonyl (C=O) groups is 1. The van der Waals surface area contributed by atoms with Crippen molar-refractivity contribution >= 4 is 5.91 Å². The van der Waals surface area contributed by atoms with Crippen molar-refractivity contribution in [1.82, 2.24) is 0 Å². The first-order chi connectivity index (χ1) is 4.75. The molecule has 0 spiro atoms. The number of hydrogen-bond donors (Lipinski definition) is 2. The lowest BCUT2D eigenvalue weighted by Gasteiger charge is -2.26. The molecule has 0 aliphatic heterocycles. The Morgan fingerprint density at radius 2 is 1.82 bits per heavy atom. The highest BCUT2D eigenvalue weighted by Crippen LogP contribution is 2.36. The molecule has 0 aliphatic carbocycles. The van der Waals surface area contributed by atoms with Gasteiger partial charge in [0.25, 0.3) is 0 Å². The van der Waals surface area contributed by atoms with E-state index in [1.807, 2.05) is 0 Å². The number of rotatable bonds is 2. The highest BCUT2D eigenvalue weighted by molar-refractivity contribution is 5.81. The summed E-state index contributed by atoms with van der Waals surface area (Å²) >= 11 is 0. The predicted octanol–water partition coefficient (Wildman–Crippen LogP) is -0.001000. The monoisotopic (exact) mass is 170 g/mol. The van der Waals surface area contributed by atoms with Gasteiger partial charge in [0.1, 0.15) is 0 Å². The highest BCUT2D eigenvalue weighted by Gasteiger charge is 2.54. The number of primary amides is 1. The fourth-order valence-corrected chi connectivity index (χ4v) is 0.356. The minimum atomic E-state index is -4.67. The van der Waals surface area contributed by atoms with Crippen LogP contribution in [0.3, 0.4) is 0 Å². The largest absolute Gasteiger partial charge is 0.404 e. The molecule has 0 bridgehead atoms. The molecule has 0 aromatic rings. The van der Waals surface area contributed by atoms with Crippen molar-refractivity contribution in [3.63, 3.8) is 0 Å². The van der Waals surface area contributed by atoms with Gasteiger partial charge in [-0.25, -0.2) is 0 Å². The normalized spacial score (nSPS) is 17.5. The Morgan fingerprint density at radius 3 is 1.82 bits per heavy atom. The Hall–Kier alpha value is -0.780. The molecular weight excluding hydrogens is 161 g/mol. The first kappa shape index (κ1) is 10.2. The van der Waals surface area contributed by atoms with Crippen LogP contribution in [0.5, 0.6) is 0 Å². The van der Waals surface area contributed by atoms with E-state index >= 15 is 0 Å². The Balaban J connectivity index is 4.75. The topological polar surface area (TPSA) is 69.1 Å². The molecule has 0 rings (SSSR count). The number of halogens is 3. The summed E-state index contributed by atoms with van der Waals surface area (Å²) in [6.07, 6.45) is -4.67. The fourth-order valence-electron chi connectivity index (χ4n) is 0.356. The molecule has 0 aromatic carbocycles. The van der Waals surface area contributed by atoms with Crippen molar-refractivity contribution in [2.24, 2.45) is 16.9 Å². The van der Waals surface area contributed by atoms with Crippen LogP contribution in [0.25, 0.3) is 0 Å². The number of hydrogen-bond acceptors (Lipinski definition) is 2. The third-order valence-electron chi connectivity index (χ3n) is 1.58. The standard InChI is InChI=1S/C5H9F3N2O/c1-4(2-9,3(10)11)5(6,7)8/h2,9H2,1H3,(H2,10,11). The summed E-state index contributed by atoms with van der Waals surface area (Å²) in [7, 11) is 0. The molecule has 11 heavy (non-hydrogen) atoms. The van der Waals surface area contributed by atoms with Crippen molar-refractivity contribution in [3.05, 3.63) is 0 Å². The highest BCUT2D eigenvalue weighted by atomic mass is 19.4. The van der Waals surface area contributed by atoms with E-state index in [4.69, 9.17) is 5.73 Å². The molecular formula is C5H9F3N2O. The Bertz CT molecular complexity index is 168. The van der Waals surface area contributed by atoms with Gasteiger partial charge in [-0.1, -0.05) is 0 Å². The van der Waals surface area contributed by atoms with E-state index in [9.17, 15) is 18.0 Å². The van der Waals surface area contributed by atoms with Crippen LogP contribution in [-0.2, 0) is 4.79 Å². The Morgan fingerprint density at radius 1 is 1.45 bits per heavy atom. The Kier molecular flexibility index (Phi) is 2.50. The minimum Gasteiger partial charge on any atom is -0.369 e. The molecule has 6 heteroatoms. The van der Waals surface area contributed by atoms with Crippen LogP contribution >= 0.6 is 0 Å². The summed E-state index contributed by atoms with van der Waals surface area (Å²) < 4.78 is 35.9. The maximum absolute atomic E-state index is 12.0. The molecule has 0 fully saturated rings. The van der Waals surface area contributed by atoms with Gasteiger partial charge in [0.15, 0.2) is 5.41 Å². The fraction of sp³-hybridized carbons (Fsp3) is 0.800.